The Bertz CT molecular complexity index is 700. The van der Waals surface area contributed by atoms with E-state index in [0.29, 0.717) is 0 Å². The third-order valence-corrected chi connectivity index (χ3v) is 23.1. The molecule has 0 heterocycles. The van der Waals surface area contributed by atoms with E-state index in [4.69, 9.17) is 17.7 Å². The Balaban J connectivity index is 2.08. The first-order valence-corrected chi connectivity index (χ1v) is 19.3. The van der Waals surface area contributed by atoms with Crippen molar-refractivity contribution in [3.05, 3.63) is 60.7 Å². The minimum Gasteiger partial charge on any atom is -0.394 e. The Morgan fingerprint density at radius 3 is 1.16 bits per heavy atom. The van der Waals surface area contributed by atoms with Gasteiger partial charge in [0.1, 0.15) is 0 Å². The minimum atomic E-state index is -2.56. The molecule has 2 unspecified atom stereocenters. The molecule has 0 spiro atoms. The molecule has 0 aliphatic heterocycles. The van der Waals surface area contributed by atoms with Crippen molar-refractivity contribution in [3.63, 3.8) is 0 Å². The predicted molar refractivity (Wildman–Crippen MR) is 150 cm³/mol. The summed E-state index contributed by atoms with van der Waals surface area (Å²) in [6.07, 6.45) is 1.95. The Hall–Kier alpha value is 0.114. The van der Waals surface area contributed by atoms with Gasteiger partial charge in [0.25, 0.3) is 0 Å². The van der Waals surface area contributed by atoms with Crippen LogP contribution in [0.5, 0.6) is 0 Å². The van der Waals surface area contributed by atoms with Gasteiger partial charge in [-0.05, 0) is 42.9 Å². The van der Waals surface area contributed by atoms with E-state index in [9.17, 15) is 0 Å². The van der Waals surface area contributed by atoms with E-state index in [0.717, 1.165) is 12.8 Å². The number of hydrogen-bond acceptors (Lipinski definition) is 8. The van der Waals surface area contributed by atoms with Crippen LogP contribution in [0.4, 0.5) is 0 Å². The molecule has 2 atom stereocenters. The van der Waals surface area contributed by atoms with Crippen LogP contribution < -0.4 is 10.4 Å². The largest absolute Gasteiger partial charge is 0.394 e. The van der Waals surface area contributed by atoms with Gasteiger partial charge in [0.15, 0.2) is 0 Å². The van der Waals surface area contributed by atoms with Crippen LogP contribution in [-0.4, -0.2) is 55.3 Å². The summed E-state index contributed by atoms with van der Waals surface area (Å²) in [6, 6.07) is 20.8. The van der Waals surface area contributed by atoms with Crippen molar-refractivity contribution < 1.29 is 17.7 Å². The zero-order chi connectivity index (χ0) is 23.5. The molecule has 0 saturated heterocycles. The SMILES string of the molecule is CCC(SSSSC(CC)[Si](OC)(OC)c1ccccc1)[Si](OC)(OC)c1ccccc1. The minimum absolute atomic E-state index is 0.263. The first-order chi connectivity index (χ1) is 15.6. The smallest absolute Gasteiger partial charge is 0.386 e. The van der Waals surface area contributed by atoms with E-state index in [1.165, 1.54) is 10.4 Å². The molecule has 0 amide bonds. The second-order valence-electron chi connectivity index (χ2n) is 7.01. The van der Waals surface area contributed by atoms with Gasteiger partial charge in [-0.3, -0.25) is 0 Å². The molecule has 0 saturated carbocycles. The Morgan fingerprint density at radius 1 is 0.594 bits per heavy atom. The Morgan fingerprint density at radius 2 is 0.906 bits per heavy atom. The van der Waals surface area contributed by atoms with Crippen LogP contribution in [-0.2, 0) is 17.7 Å². The molecule has 0 bridgehead atoms. The molecule has 2 aromatic carbocycles. The summed E-state index contributed by atoms with van der Waals surface area (Å²) in [5.74, 6) is 0. The summed E-state index contributed by atoms with van der Waals surface area (Å²) in [7, 11) is 9.30. The molecule has 0 aliphatic rings. The summed E-state index contributed by atoms with van der Waals surface area (Å²) in [4.78, 5) is 0.526. The van der Waals surface area contributed by atoms with E-state index in [1.54, 1.807) is 48.1 Å². The van der Waals surface area contributed by atoms with Gasteiger partial charge in [0.2, 0.25) is 0 Å². The quantitative estimate of drug-likeness (QED) is 0.163. The lowest BCUT2D eigenvalue weighted by Crippen LogP contribution is -2.60. The van der Waals surface area contributed by atoms with Crippen LogP contribution in [0.15, 0.2) is 60.7 Å². The van der Waals surface area contributed by atoms with Crippen molar-refractivity contribution in [3.8, 4) is 0 Å². The van der Waals surface area contributed by atoms with Crippen molar-refractivity contribution in [1.82, 2.24) is 0 Å². The normalized spacial score (nSPS) is 14.3. The molecule has 0 N–H and O–H groups in total. The summed E-state index contributed by atoms with van der Waals surface area (Å²) in [6.45, 7) is 4.41. The molecule has 2 aromatic rings. The lowest BCUT2D eigenvalue weighted by atomic mass is 10.4. The molecule has 0 radical (unpaired) electrons. The molecular formula is C22H34O4S4Si2. The topological polar surface area (TPSA) is 36.9 Å². The molecule has 0 aliphatic carbocycles. The maximum absolute atomic E-state index is 6.11. The van der Waals surface area contributed by atoms with E-state index in [2.05, 4.69) is 62.4 Å². The highest BCUT2D eigenvalue weighted by atomic mass is 33.7. The van der Waals surface area contributed by atoms with Gasteiger partial charge in [-0.25, -0.2) is 0 Å². The molecular weight excluding hydrogens is 513 g/mol. The molecule has 2 rings (SSSR count). The van der Waals surface area contributed by atoms with Crippen molar-refractivity contribution in [1.29, 1.82) is 0 Å². The first kappa shape index (κ1) is 28.4. The molecule has 32 heavy (non-hydrogen) atoms. The fourth-order valence-electron chi connectivity index (χ4n) is 3.80. The van der Waals surface area contributed by atoms with Crippen molar-refractivity contribution in [2.24, 2.45) is 0 Å². The van der Waals surface area contributed by atoms with Gasteiger partial charge in [-0.15, -0.1) is 0 Å². The summed E-state index contributed by atoms with van der Waals surface area (Å²) < 4.78 is 24.4. The van der Waals surface area contributed by atoms with Gasteiger partial charge in [-0.2, -0.15) is 0 Å². The second kappa shape index (κ2) is 14.5. The highest BCUT2D eigenvalue weighted by Gasteiger charge is 2.48. The van der Waals surface area contributed by atoms with Gasteiger partial charge in [-0.1, -0.05) is 96.1 Å². The van der Waals surface area contributed by atoms with Gasteiger partial charge in [0.05, 0.1) is 9.75 Å². The molecule has 0 aromatic heterocycles. The standard InChI is InChI=1S/C22H34O4S4Si2/c1-7-21(31(23-3,24-4)19-15-11-9-12-16-19)27-29-30-28-22(8-2)32(25-5,26-6)20-17-13-10-14-18-20/h9-18,21-22H,7-8H2,1-6H3. The van der Waals surface area contributed by atoms with Crippen molar-refractivity contribution >= 4 is 68.7 Å². The summed E-state index contributed by atoms with van der Waals surface area (Å²) in [5, 5.41) is 2.34. The highest BCUT2D eigenvalue weighted by Crippen LogP contribution is 2.50. The third-order valence-electron chi connectivity index (χ3n) is 5.49. The first-order valence-electron chi connectivity index (χ1n) is 10.6. The Labute approximate surface area is 211 Å². The van der Waals surface area contributed by atoms with E-state index >= 15 is 0 Å². The molecule has 0 fully saturated rings. The zero-order valence-electron chi connectivity index (χ0n) is 19.6. The summed E-state index contributed by atoms with van der Waals surface area (Å²) in [5.41, 5.74) is 0. The van der Waals surface area contributed by atoms with Gasteiger partial charge < -0.3 is 17.7 Å². The fraction of sp³-hybridized carbons (Fsp3) is 0.455. The van der Waals surface area contributed by atoms with Crippen LogP contribution in [0.2, 0.25) is 0 Å². The van der Waals surface area contributed by atoms with Crippen LogP contribution in [0.1, 0.15) is 26.7 Å². The van der Waals surface area contributed by atoms with Gasteiger partial charge in [0, 0.05) is 28.4 Å². The van der Waals surface area contributed by atoms with Crippen molar-refractivity contribution in [2.75, 3.05) is 28.4 Å². The van der Waals surface area contributed by atoms with E-state index < -0.39 is 17.1 Å². The van der Waals surface area contributed by atoms with Gasteiger partial charge >= 0.3 is 17.1 Å². The molecule has 4 nitrogen and oxygen atoms in total. The Kier molecular flexibility index (Phi) is 12.8. The second-order valence-corrected chi connectivity index (χ2v) is 20.9. The average Bonchev–Trinajstić information content (AvgIpc) is 2.87. The molecule has 10 heteroatoms. The predicted octanol–water partition coefficient (Wildman–Crippen LogP) is 5.58. The number of rotatable bonds is 15. The monoisotopic (exact) mass is 546 g/mol. The van der Waals surface area contributed by atoms with E-state index in [1.807, 2.05) is 33.7 Å². The highest BCUT2D eigenvalue weighted by molar-refractivity contribution is 9.26. The lowest BCUT2D eigenvalue weighted by Gasteiger charge is -2.35. The van der Waals surface area contributed by atoms with Crippen LogP contribution in [0.25, 0.3) is 0 Å². The van der Waals surface area contributed by atoms with Crippen LogP contribution in [0, 0.1) is 0 Å². The average molecular weight is 547 g/mol. The van der Waals surface area contributed by atoms with E-state index in [-0.39, 0.29) is 9.75 Å². The lowest BCUT2D eigenvalue weighted by molar-refractivity contribution is 0.254. The molecule has 178 valence electrons. The zero-order valence-corrected chi connectivity index (χ0v) is 24.9. The number of benzene rings is 2. The fourth-order valence-corrected chi connectivity index (χ4v) is 22.8. The third kappa shape index (κ3) is 6.41. The summed E-state index contributed by atoms with van der Waals surface area (Å²) >= 11 is 0. The number of hydrogen-bond donors (Lipinski definition) is 0. The van der Waals surface area contributed by atoms with Crippen molar-refractivity contribution in [2.45, 2.75) is 36.4 Å². The maximum atomic E-state index is 6.11. The van der Waals surface area contributed by atoms with Crippen LogP contribution in [0.3, 0.4) is 0 Å². The van der Waals surface area contributed by atoms with Crippen LogP contribution >= 0.6 is 41.2 Å². The maximum Gasteiger partial charge on any atom is 0.386 e.